The van der Waals surface area contributed by atoms with Crippen LogP contribution in [0, 0.1) is 10.1 Å². The molecule has 2 aromatic rings. The normalized spacial score (nSPS) is 16.6. The van der Waals surface area contributed by atoms with Crippen molar-refractivity contribution in [3.8, 4) is 0 Å². The first kappa shape index (κ1) is 20.3. The van der Waals surface area contributed by atoms with Crippen LogP contribution >= 0.6 is 0 Å². The number of benzene rings is 1. The summed E-state index contributed by atoms with van der Waals surface area (Å²) in [7, 11) is -2.49. The Labute approximate surface area is 163 Å². The minimum atomic E-state index is -3.76. The molecular weight excluding hydrogens is 384 g/mol. The predicted molar refractivity (Wildman–Crippen MR) is 104 cm³/mol. The van der Waals surface area contributed by atoms with Crippen molar-refractivity contribution in [2.45, 2.75) is 30.2 Å². The van der Waals surface area contributed by atoms with E-state index >= 15 is 0 Å². The first-order valence-electron chi connectivity index (χ1n) is 9.26. The number of piperidine rings is 1. The van der Waals surface area contributed by atoms with Gasteiger partial charge in [0.05, 0.1) is 35.7 Å². The van der Waals surface area contributed by atoms with Crippen molar-refractivity contribution in [2.75, 3.05) is 32.0 Å². The third-order valence-electron chi connectivity index (χ3n) is 5.12. The zero-order valence-electron chi connectivity index (χ0n) is 15.7. The first-order chi connectivity index (χ1) is 13.4. The zero-order valence-corrected chi connectivity index (χ0v) is 16.5. The van der Waals surface area contributed by atoms with E-state index in [1.165, 1.54) is 30.5 Å². The van der Waals surface area contributed by atoms with Crippen molar-refractivity contribution in [2.24, 2.45) is 0 Å². The van der Waals surface area contributed by atoms with Gasteiger partial charge in [-0.25, -0.2) is 13.1 Å². The number of quaternary nitrogens is 1. The smallest absolute Gasteiger partial charge is 0.293 e. The van der Waals surface area contributed by atoms with E-state index in [-0.39, 0.29) is 22.3 Å². The van der Waals surface area contributed by atoms with Gasteiger partial charge in [0.25, 0.3) is 5.69 Å². The van der Waals surface area contributed by atoms with Gasteiger partial charge in [-0.2, -0.15) is 0 Å². The van der Waals surface area contributed by atoms with Gasteiger partial charge in [0.15, 0.2) is 11.8 Å². The van der Waals surface area contributed by atoms with E-state index < -0.39 is 14.9 Å². The summed E-state index contributed by atoms with van der Waals surface area (Å²) in [5.41, 5.74) is 0.0104. The topological polar surface area (TPSA) is 119 Å². The molecule has 9 nitrogen and oxygen atoms in total. The SMILES string of the molecule is CNS(=O)(=O)c1ccc(NC[C@@H](c2ccco2)[NH+]2CCCCC2)c([N+](=O)[O-])c1. The van der Waals surface area contributed by atoms with E-state index in [0.29, 0.717) is 6.54 Å². The fourth-order valence-electron chi connectivity index (χ4n) is 3.60. The van der Waals surface area contributed by atoms with Crippen LogP contribution in [0.25, 0.3) is 0 Å². The molecule has 1 aliphatic rings. The molecule has 1 fully saturated rings. The van der Waals surface area contributed by atoms with Gasteiger partial charge in [0.2, 0.25) is 10.0 Å². The number of sulfonamides is 1. The van der Waals surface area contributed by atoms with Crippen molar-refractivity contribution in [1.82, 2.24) is 4.72 Å². The second-order valence-electron chi connectivity index (χ2n) is 6.81. The molecule has 0 bridgehead atoms. The van der Waals surface area contributed by atoms with Crippen LogP contribution in [-0.4, -0.2) is 40.0 Å². The fourth-order valence-corrected chi connectivity index (χ4v) is 4.35. The summed E-state index contributed by atoms with van der Waals surface area (Å²) >= 11 is 0. The largest absolute Gasteiger partial charge is 0.463 e. The molecule has 0 aliphatic carbocycles. The van der Waals surface area contributed by atoms with Crippen molar-refractivity contribution >= 4 is 21.4 Å². The number of hydrogen-bond acceptors (Lipinski definition) is 6. The monoisotopic (exact) mass is 409 g/mol. The fraction of sp³-hybridized carbons (Fsp3) is 0.444. The Kier molecular flexibility index (Phi) is 6.32. The van der Waals surface area contributed by atoms with Crippen LogP contribution in [0.4, 0.5) is 11.4 Å². The van der Waals surface area contributed by atoms with Crippen LogP contribution in [0.2, 0.25) is 0 Å². The molecular formula is C18H25N4O5S+. The van der Waals surface area contributed by atoms with Crippen LogP contribution in [0.3, 0.4) is 0 Å². The number of nitro groups is 1. The highest BCUT2D eigenvalue weighted by molar-refractivity contribution is 7.89. The average molecular weight is 409 g/mol. The molecule has 10 heteroatoms. The summed E-state index contributed by atoms with van der Waals surface area (Å²) in [4.78, 5) is 12.2. The zero-order chi connectivity index (χ0) is 20.1. The molecule has 0 radical (unpaired) electrons. The molecule has 1 aromatic heterocycles. The number of nitrogens with one attached hydrogen (secondary N) is 3. The van der Waals surface area contributed by atoms with Crippen LogP contribution in [0.5, 0.6) is 0 Å². The Morgan fingerprint density at radius 3 is 2.61 bits per heavy atom. The van der Waals surface area contributed by atoms with Gasteiger partial charge in [-0.1, -0.05) is 0 Å². The lowest BCUT2D eigenvalue weighted by Crippen LogP contribution is -3.13. The van der Waals surface area contributed by atoms with Crippen LogP contribution < -0.4 is 14.9 Å². The molecule has 3 rings (SSSR count). The summed E-state index contributed by atoms with van der Waals surface area (Å²) in [6.45, 7) is 2.49. The lowest BCUT2D eigenvalue weighted by atomic mass is 10.1. The minimum Gasteiger partial charge on any atom is -0.463 e. The van der Waals surface area contributed by atoms with E-state index in [1.807, 2.05) is 12.1 Å². The van der Waals surface area contributed by atoms with Gasteiger partial charge in [-0.15, -0.1) is 0 Å². The predicted octanol–water partition coefficient (Wildman–Crippen LogP) is 1.32. The molecule has 0 unspecified atom stereocenters. The van der Waals surface area contributed by atoms with Gasteiger partial charge in [0, 0.05) is 6.07 Å². The third-order valence-corrected chi connectivity index (χ3v) is 6.53. The van der Waals surface area contributed by atoms with Crippen LogP contribution in [-0.2, 0) is 10.0 Å². The van der Waals surface area contributed by atoms with E-state index in [2.05, 4.69) is 10.0 Å². The Balaban J connectivity index is 1.84. The number of nitro benzene ring substituents is 1. The maximum Gasteiger partial charge on any atom is 0.293 e. The van der Waals surface area contributed by atoms with Gasteiger partial charge in [-0.05, 0) is 50.6 Å². The summed E-state index contributed by atoms with van der Waals surface area (Å²) in [5, 5.41) is 14.6. The molecule has 1 atom stereocenters. The van der Waals surface area contributed by atoms with Crippen molar-refractivity contribution in [3.63, 3.8) is 0 Å². The van der Waals surface area contributed by atoms with Crippen LogP contribution in [0.15, 0.2) is 45.9 Å². The number of furan rings is 1. The van der Waals surface area contributed by atoms with E-state index in [0.717, 1.165) is 37.8 Å². The number of anilines is 1. The minimum absolute atomic E-state index is 0.0237. The molecule has 0 amide bonds. The number of hydrogen-bond donors (Lipinski definition) is 3. The van der Waals surface area contributed by atoms with Crippen molar-refractivity contribution < 1.29 is 22.7 Å². The highest BCUT2D eigenvalue weighted by Gasteiger charge is 2.29. The van der Waals surface area contributed by atoms with Gasteiger partial charge >= 0.3 is 0 Å². The van der Waals surface area contributed by atoms with Gasteiger partial charge in [0.1, 0.15) is 5.69 Å². The number of likely N-dealkylation sites (tertiary alicyclic amines) is 1. The third kappa shape index (κ3) is 4.51. The molecule has 1 aromatic carbocycles. The Hall–Kier alpha value is -2.43. The first-order valence-corrected chi connectivity index (χ1v) is 10.7. The second kappa shape index (κ2) is 8.72. The Bertz CT molecular complexity index is 908. The maximum absolute atomic E-state index is 11.9. The van der Waals surface area contributed by atoms with E-state index in [9.17, 15) is 18.5 Å². The lowest BCUT2D eigenvalue weighted by Gasteiger charge is -2.30. The van der Waals surface area contributed by atoms with E-state index in [4.69, 9.17) is 4.42 Å². The van der Waals surface area contributed by atoms with E-state index in [1.54, 1.807) is 6.26 Å². The van der Waals surface area contributed by atoms with Gasteiger partial charge < -0.3 is 14.6 Å². The maximum atomic E-state index is 11.9. The molecule has 28 heavy (non-hydrogen) atoms. The van der Waals surface area contributed by atoms with Crippen LogP contribution in [0.1, 0.15) is 31.1 Å². The summed E-state index contributed by atoms with van der Waals surface area (Å²) in [6, 6.07) is 7.65. The Morgan fingerprint density at radius 1 is 1.25 bits per heavy atom. The van der Waals surface area contributed by atoms with Crippen molar-refractivity contribution in [3.05, 3.63) is 52.5 Å². The molecule has 1 aliphatic heterocycles. The number of rotatable bonds is 8. The quantitative estimate of drug-likeness (QED) is 0.447. The summed E-state index contributed by atoms with van der Waals surface area (Å²) in [5.74, 6) is 0.835. The molecule has 3 N–H and O–H groups in total. The molecule has 0 spiro atoms. The molecule has 1 saturated heterocycles. The van der Waals surface area contributed by atoms with Gasteiger partial charge in [-0.3, -0.25) is 10.1 Å². The molecule has 152 valence electrons. The number of nitrogens with zero attached hydrogens (tertiary/aromatic N) is 1. The highest BCUT2D eigenvalue weighted by Crippen LogP contribution is 2.28. The average Bonchev–Trinajstić information content (AvgIpc) is 3.23. The molecule has 2 heterocycles. The molecule has 0 saturated carbocycles. The van der Waals surface area contributed by atoms with Crippen molar-refractivity contribution in [1.29, 1.82) is 0 Å². The summed E-state index contributed by atoms with van der Waals surface area (Å²) < 4.78 is 31.7. The lowest BCUT2D eigenvalue weighted by molar-refractivity contribution is -0.935. The Morgan fingerprint density at radius 2 is 2.00 bits per heavy atom. The second-order valence-corrected chi connectivity index (χ2v) is 8.70. The summed E-state index contributed by atoms with van der Waals surface area (Å²) in [6.07, 6.45) is 5.13. The highest BCUT2D eigenvalue weighted by atomic mass is 32.2. The standard InChI is InChI=1S/C18H24N4O5S/c1-19-28(25,26)14-7-8-15(16(12-14)22(23)24)20-13-17(18-6-5-11-27-18)21-9-3-2-4-10-21/h5-8,11-12,17,19-20H,2-4,9-10,13H2,1H3/p+1/t17-/m0/s1.